The van der Waals surface area contributed by atoms with Gasteiger partial charge in [-0.3, -0.25) is 4.79 Å². The van der Waals surface area contributed by atoms with Gasteiger partial charge in [-0.15, -0.1) is 0 Å². The largest absolute Gasteiger partial charge is 0.480 e. The maximum Gasteiger partial charge on any atom is 0.326 e. The third-order valence-electron chi connectivity index (χ3n) is 3.70. The first-order valence-corrected chi connectivity index (χ1v) is 6.91. The van der Waals surface area contributed by atoms with Crippen molar-refractivity contribution < 1.29 is 19.5 Å². The monoisotopic (exact) mass is 285 g/mol. The average molecular weight is 285 g/mol. The third-order valence-corrected chi connectivity index (χ3v) is 3.70. The molecule has 2 N–H and O–H groups in total. The Morgan fingerprint density at radius 1 is 1.40 bits per heavy atom. The van der Waals surface area contributed by atoms with Crippen molar-refractivity contribution in [2.75, 3.05) is 26.7 Å². The Labute approximate surface area is 118 Å². The highest BCUT2D eigenvalue weighted by Crippen LogP contribution is 2.24. The number of likely N-dealkylation sites (tertiary alicyclic amines) is 1. The van der Waals surface area contributed by atoms with E-state index in [0.717, 1.165) is 12.8 Å². The smallest absolute Gasteiger partial charge is 0.326 e. The van der Waals surface area contributed by atoms with Crippen LogP contribution < -0.4 is 5.32 Å². The van der Waals surface area contributed by atoms with Gasteiger partial charge in [-0.05, 0) is 25.7 Å². The molecule has 0 spiro atoms. The molecule has 3 amide bonds. The molecule has 0 aliphatic carbocycles. The second-order valence-corrected chi connectivity index (χ2v) is 5.07. The summed E-state index contributed by atoms with van der Waals surface area (Å²) >= 11 is 0. The number of nitrogens with one attached hydrogen (secondary N) is 1. The van der Waals surface area contributed by atoms with E-state index in [0.29, 0.717) is 13.1 Å². The quantitative estimate of drug-likeness (QED) is 0.780. The summed E-state index contributed by atoms with van der Waals surface area (Å²) in [4.78, 5) is 38.0. The minimum Gasteiger partial charge on any atom is -0.480 e. The Hall–Kier alpha value is -1.79. The molecule has 0 aromatic heterocycles. The fraction of sp³-hybridized carbons (Fsp3) is 0.769. The van der Waals surface area contributed by atoms with Crippen LogP contribution in [-0.2, 0) is 9.59 Å². The zero-order valence-corrected chi connectivity index (χ0v) is 12.3. The van der Waals surface area contributed by atoms with Crippen molar-refractivity contribution in [3.63, 3.8) is 0 Å². The van der Waals surface area contributed by atoms with E-state index in [1.807, 2.05) is 6.92 Å². The van der Waals surface area contributed by atoms with Gasteiger partial charge in [-0.25, -0.2) is 9.59 Å². The van der Waals surface area contributed by atoms with Gasteiger partial charge in [-0.1, -0.05) is 6.92 Å². The first-order chi connectivity index (χ1) is 9.42. The normalized spacial score (nSPS) is 22.2. The number of nitrogens with zero attached hydrogens (tertiary/aromatic N) is 2. The highest BCUT2D eigenvalue weighted by molar-refractivity contribution is 5.87. The van der Waals surface area contributed by atoms with Crippen molar-refractivity contribution in [1.82, 2.24) is 15.1 Å². The lowest BCUT2D eigenvalue weighted by Crippen LogP contribution is -2.57. The molecule has 0 aromatic rings. The lowest BCUT2D eigenvalue weighted by atomic mass is 9.91. The topological polar surface area (TPSA) is 90.0 Å². The number of amides is 3. The van der Waals surface area contributed by atoms with E-state index >= 15 is 0 Å². The molecule has 1 rings (SSSR count). The molecule has 1 saturated heterocycles. The number of hydrogen-bond acceptors (Lipinski definition) is 3. The van der Waals surface area contributed by atoms with E-state index in [9.17, 15) is 19.5 Å². The van der Waals surface area contributed by atoms with E-state index < -0.39 is 12.0 Å². The molecule has 7 heteroatoms. The van der Waals surface area contributed by atoms with Gasteiger partial charge in [0.25, 0.3) is 0 Å². The number of aliphatic carboxylic acids is 1. The van der Waals surface area contributed by atoms with Gasteiger partial charge >= 0.3 is 12.0 Å². The van der Waals surface area contributed by atoms with E-state index in [1.54, 1.807) is 6.92 Å². The van der Waals surface area contributed by atoms with Crippen molar-refractivity contribution in [2.45, 2.75) is 32.7 Å². The maximum absolute atomic E-state index is 12.4. The van der Waals surface area contributed by atoms with Gasteiger partial charge in [0.15, 0.2) is 0 Å². The molecular weight excluding hydrogens is 262 g/mol. The number of urea groups is 1. The second kappa shape index (κ2) is 7.12. The molecule has 1 fully saturated rings. The van der Waals surface area contributed by atoms with Crippen LogP contribution in [0.15, 0.2) is 0 Å². The minimum absolute atomic E-state index is 0.0525. The van der Waals surface area contributed by atoms with Gasteiger partial charge in [0.05, 0.1) is 0 Å². The van der Waals surface area contributed by atoms with Gasteiger partial charge in [0.1, 0.15) is 12.6 Å². The Bertz CT molecular complexity index is 386. The fourth-order valence-electron chi connectivity index (χ4n) is 2.53. The first-order valence-electron chi connectivity index (χ1n) is 6.91. The van der Waals surface area contributed by atoms with E-state index in [-0.39, 0.29) is 24.4 Å². The molecule has 1 aliphatic heterocycles. The van der Waals surface area contributed by atoms with Crippen molar-refractivity contribution in [2.24, 2.45) is 5.92 Å². The second-order valence-electron chi connectivity index (χ2n) is 5.07. The zero-order valence-electron chi connectivity index (χ0n) is 12.3. The van der Waals surface area contributed by atoms with Crippen LogP contribution in [0.1, 0.15) is 26.7 Å². The molecule has 1 aliphatic rings. The number of carboxylic acids is 1. The van der Waals surface area contributed by atoms with Crippen molar-refractivity contribution >= 4 is 17.9 Å². The highest BCUT2D eigenvalue weighted by Gasteiger charge is 2.38. The molecule has 0 aromatic carbocycles. The third kappa shape index (κ3) is 3.61. The predicted molar refractivity (Wildman–Crippen MR) is 73.2 cm³/mol. The summed E-state index contributed by atoms with van der Waals surface area (Å²) in [6.07, 6.45) is 1.58. The maximum atomic E-state index is 12.4. The molecule has 114 valence electrons. The van der Waals surface area contributed by atoms with Gasteiger partial charge in [0.2, 0.25) is 5.91 Å². The number of likely N-dealkylation sites (N-methyl/N-ethyl adjacent to an activating group) is 2. The zero-order chi connectivity index (χ0) is 15.3. The number of piperidine rings is 1. The van der Waals surface area contributed by atoms with Crippen molar-refractivity contribution in [3.05, 3.63) is 0 Å². The molecule has 2 atom stereocenters. The van der Waals surface area contributed by atoms with E-state index in [4.69, 9.17) is 0 Å². The number of carbonyl (C=O) groups is 3. The SMILES string of the molecule is CCN(CC(=O)NC)C(=O)N1CCCC(C)C1C(=O)O. The number of hydrogen-bond donors (Lipinski definition) is 2. The van der Waals surface area contributed by atoms with Crippen LogP contribution in [0.3, 0.4) is 0 Å². The molecule has 7 nitrogen and oxygen atoms in total. The first kappa shape index (κ1) is 16.3. The summed E-state index contributed by atoms with van der Waals surface area (Å²) in [5, 5.41) is 11.8. The van der Waals surface area contributed by atoms with Crippen LogP contribution in [0.25, 0.3) is 0 Å². The summed E-state index contributed by atoms with van der Waals surface area (Å²) in [7, 11) is 1.50. The summed E-state index contributed by atoms with van der Waals surface area (Å²) in [6, 6.07) is -1.19. The lowest BCUT2D eigenvalue weighted by Gasteiger charge is -2.39. The van der Waals surface area contributed by atoms with Gasteiger partial charge in [-0.2, -0.15) is 0 Å². The summed E-state index contributed by atoms with van der Waals surface area (Å²) in [5.74, 6) is -1.33. The Morgan fingerprint density at radius 2 is 2.05 bits per heavy atom. The summed E-state index contributed by atoms with van der Waals surface area (Å²) in [6.45, 7) is 4.34. The van der Waals surface area contributed by atoms with E-state index in [1.165, 1.54) is 16.8 Å². The van der Waals surface area contributed by atoms with Gasteiger partial charge < -0.3 is 20.2 Å². The number of carboxylic acid groups (broad SMARTS) is 1. The summed E-state index contributed by atoms with van der Waals surface area (Å²) in [5.41, 5.74) is 0. The van der Waals surface area contributed by atoms with E-state index in [2.05, 4.69) is 5.32 Å². The van der Waals surface area contributed by atoms with Crippen molar-refractivity contribution in [3.8, 4) is 0 Å². The molecule has 0 bridgehead atoms. The molecule has 0 radical (unpaired) electrons. The fourth-order valence-corrected chi connectivity index (χ4v) is 2.53. The summed E-state index contributed by atoms with van der Waals surface area (Å²) < 4.78 is 0. The lowest BCUT2D eigenvalue weighted by molar-refractivity contribution is -0.145. The van der Waals surface area contributed by atoms with Crippen LogP contribution in [0, 0.1) is 5.92 Å². The minimum atomic E-state index is -0.985. The molecule has 0 saturated carbocycles. The molecule has 20 heavy (non-hydrogen) atoms. The van der Waals surface area contributed by atoms with Crippen LogP contribution in [-0.4, -0.2) is 65.5 Å². The molecule has 2 unspecified atom stereocenters. The molecular formula is C13H23N3O4. The van der Waals surface area contributed by atoms with Crippen LogP contribution in [0.4, 0.5) is 4.79 Å². The van der Waals surface area contributed by atoms with Gasteiger partial charge in [0, 0.05) is 20.1 Å². The highest BCUT2D eigenvalue weighted by atomic mass is 16.4. The van der Waals surface area contributed by atoms with Crippen LogP contribution in [0.5, 0.6) is 0 Å². The molecule has 1 heterocycles. The van der Waals surface area contributed by atoms with Crippen LogP contribution >= 0.6 is 0 Å². The Balaban J connectivity index is 2.85. The standard InChI is InChI=1S/C13H23N3O4/c1-4-15(8-10(17)14-3)13(20)16-7-5-6-9(2)11(16)12(18)19/h9,11H,4-8H2,1-3H3,(H,14,17)(H,18,19). The number of carbonyl (C=O) groups excluding carboxylic acids is 2. The Morgan fingerprint density at radius 3 is 2.55 bits per heavy atom. The Kier molecular flexibility index (Phi) is 5.79. The number of rotatable bonds is 4. The predicted octanol–water partition coefficient (Wildman–Crippen LogP) is 0.359. The van der Waals surface area contributed by atoms with Crippen molar-refractivity contribution in [1.29, 1.82) is 0 Å². The van der Waals surface area contributed by atoms with Crippen LogP contribution in [0.2, 0.25) is 0 Å². The average Bonchev–Trinajstić information content (AvgIpc) is 2.42.